The summed E-state index contributed by atoms with van der Waals surface area (Å²) in [5.74, 6) is -2.17. The Labute approximate surface area is 135 Å². The molecule has 1 aromatic rings. The van der Waals surface area contributed by atoms with Crippen LogP contribution < -0.4 is 0 Å². The molecule has 126 valence electrons. The van der Waals surface area contributed by atoms with Crippen LogP contribution >= 0.6 is 11.3 Å². The maximum Gasteiger partial charge on any atom is 0.455 e. The van der Waals surface area contributed by atoms with Gasteiger partial charge in [-0.15, -0.1) is 11.3 Å². The van der Waals surface area contributed by atoms with E-state index in [1.165, 1.54) is 12.5 Å². The number of hydrogen-bond acceptors (Lipinski definition) is 4. The Balaban J connectivity index is 1.69. The van der Waals surface area contributed by atoms with E-state index in [9.17, 15) is 22.8 Å². The number of rotatable bonds is 2. The Morgan fingerprint density at radius 1 is 1.09 bits per heavy atom. The second kappa shape index (κ2) is 6.24. The quantitative estimate of drug-likeness (QED) is 0.773. The number of ketones is 1. The molecule has 0 bridgehead atoms. The van der Waals surface area contributed by atoms with Gasteiger partial charge in [-0.25, -0.2) is 0 Å². The van der Waals surface area contributed by atoms with Crippen LogP contribution in [0.3, 0.4) is 0 Å². The molecule has 3 rings (SSSR count). The number of thiophene rings is 1. The predicted molar refractivity (Wildman–Crippen MR) is 79.8 cm³/mol. The van der Waals surface area contributed by atoms with Crippen molar-refractivity contribution in [3.63, 3.8) is 0 Å². The van der Waals surface area contributed by atoms with Crippen LogP contribution in [0.1, 0.15) is 38.6 Å². The van der Waals surface area contributed by atoms with Crippen molar-refractivity contribution < 1.29 is 22.8 Å². The lowest BCUT2D eigenvalue weighted by Gasteiger charge is -2.43. The molecule has 3 heterocycles. The molecule has 1 unspecified atom stereocenters. The number of nitrogens with zero attached hydrogens (tertiary/aromatic N) is 2. The second-order valence-electron chi connectivity index (χ2n) is 5.93. The summed E-state index contributed by atoms with van der Waals surface area (Å²) in [5.41, 5.74) is 0. The maximum absolute atomic E-state index is 12.5. The van der Waals surface area contributed by atoms with Crippen molar-refractivity contribution in [3.8, 4) is 0 Å². The van der Waals surface area contributed by atoms with Crippen molar-refractivity contribution in [2.75, 3.05) is 26.2 Å². The number of piperidine rings is 1. The van der Waals surface area contributed by atoms with Gasteiger partial charge < -0.3 is 4.90 Å². The molecule has 4 nitrogen and oxygen atoms in total. The number of fused-ring (bicyclic) bond motifs is 1. The minimum Gasteiger partial charge on any atom is -0.335 e. The zero-order chi connectivity index (χ0) is 16.6. The molecule has 0 radical (unpaired) electrons. The fourth-order valence-corrected chi connectivity index (χ4v) is 4.14. The number of piperazine rings is 1. The molecule has 2 fully saturated rings. The van der Waals surface area contributed by atoms with Crippen LogP contribution in [0.5, 0.6) is 0 Å². The molecule has 2 saturated heterocycles. The molecule has 0 aromatic carbocycles. The molecule has 0 spiro atoms. The normalized spacial score (nSPS) is 22.7. The van der Waals surface area contributed by atoms with Crippen molar-refractivity contribution in [1.82, 2.24) is 9.80 Å². The van der Waals surface area contributed by atoms with Gasteiger partial charge >= 0.3 is 6.18 Å². The highest BCUT2D eigenvalue weighted by molar-refractivity contribution is 7.16. The first-order valence-electron chi connectivity index (χ1n) is 7.61. The Morgan fingerprint density at radius 2 is 1.83 bits per heavy atom. The number of carbonyl (C=O) groups excluding carboxylic acids is 2. The topological polar surface area (TPSA) is 40.6 Å². The van der Waals surface area contributed by atoms with Crippen LogP contribution in [0.15, 0.2) is 12.1 Å². The third-order valence-corrected chi connectivity index (χ3v) is 5.49. The van der Waals surface area contributed by atoms with Gasteiger partial charge in [0.1, 0.15) is 0 Å². The van der Waals surface area contributed by atoms with Gasteiger partial charge in [0.05, 0.1) is 9.75 Å². The van der Waals surface area contributed by atoms with Crippen molar-refractivity contribution in [2.24, 2.45) is 0 Å². The van der Waals surface area contributed by atoms with E-state index >= 15 is 0 Å². The van der Waals surface area contributed by atoms with E-state index in [1.807, 2.05) is 0 Å². The maximum atomic E-state index is 12.5. The van der Waals surface area contributed by atoms with Crippen LogP contribution in [0.25, 0.3) is 0 Å². The molecule has 8 heteroatoms. The third kappa shape index (κ3) is 3.42. The van der Waals surface area contributed by atoms with Gasteiger partial charge in [-0.1, -0.05) is 6.42 Å². The zero-order valence-corrected chi connectivity index (χ0v) is 13.3. The first-order chi connectivity index (χ1) is 10.9. The van der Waals surface area contributed by atoms with E-state index in [-0.39, 0.29) is 10.8 Å². The van der Waals surface area contributed by atoms with E-state index < -0.39 is 16.8 Å². The second-order valence-corrected chi connectivity index (χ2v) is 7.01. The summed E-state index contributed by atoms with van der Waals surface area (Å²) in [6, 6.07) is 2.75. The fraction of sp³-hybridized carbons (Fsp3) is 0.600. The van der Waals surface area contributed by atoms with Gasteiger partial charge in [0.15, 0.2) is 0 Å². The fourth-order valence-electron chi connectivity index (χ4n) is 3.21. The monoisotopic (exact) mass is 346 g/mol. The van der Waals surface area contributed by atoms with Gasteiger partial charge in [-0.3, -0.25) is 14.5 Å². The van der Waals surface area contributed by atoms with Crippen molar-refractivity contribution in [2.45, 2.75) is 31.5 Å². The first kappa shape index (κ1) is 16.4. The van der Waals surface area contributed by atoms with Crippen LogP contribution in [0, 0.1) is 0 Å². The summed E-state index contributed by atoms with van der Waals surface area (Å²) in [6.07, 6.45) is -1.53. The van der Waals surface area contributed by atoms with E-state index in [4.69, 9.17) is 0 Å². The Hall–Kier alpha value is -1.41. The minimum atomic E-state index is -4.90. The number of alkyl halides is 3. The molecule has 1 aromatic heterocycles. The predicted octanol–water partition coefficient (Wildman–Crippen LogP) is 2.80. The molecule has 1 atom stereocenters. The largest absolute Gasteiger partial charge is 0.455 e. The van der Waals surface area contributed by atoms with Crippen LogP contribution in [-0.4, -0.2) is 59.9 Å². The lowest BCUT2D eigenvalue weighted by molar-refractivity contribution is -0.0882. The minimum absolute atomic E-state index is 0.196. The zero-order valence-electron chi connectivity index (χ0n) is 12.4. The summed E-state index contributed by atoms with van der Waals surface area (Å²) < 4.78 is 37.3. The summed E-state index contributed by atoms with van der Waals surface area (Å²) in [6.45, 7) is 3.04. The SMILES string of the molecule is O=C(c1ccc(C(=O)C(F)(F)F)s1)N1CCN2CCCCC2C1. The molecule has 1 amide bonds. The first-order valence-corrected chi connectivity index (χ1v) is 8.42. The number of Topliss-reactive ketones (excluding diaryl/α,β-unsaturated/α-hetero) is 1. The van der Waals surface area contributed by atoms with Gasteiger partial charge in [0.2, 0.25) is 0 Å². The average molecular weight is 346 g/mol. The van der Waals surface area contributed by atoms with E-state index in [0.29, 0.717) is 30.5 Å². The molecule has 0 saturated carbocycles. The number of amides is 1. The summed E-state index contributed by atoms with van der Waals surface area (Å²) in [4.78, 5) is 27.5. The highest BCUT2D eigenvalue weighted by atomic mass is 32.1. The molecule has 2 aliphatic rings. The van der Waals surface area contributed by atoms with Gasteiger partial charge in [-0.05, 0) is 31.5 Å². The Bertz CT molecular complexity index is 614. The average Bonchev–Trinajstić information content (AvgIpc) is 3.01. The molecular weight excluding hydrogens is 329 g/mol. The van der Waals surface area contributed by atoms with Crippen LogP contribution in [0.4, 0.5) is 13.2 Å². The summed E-state index contributed by atoms with van der Waals surface area (Å²) in [7, 11) is 0. The number of hydrogen-bond donors (Lipinski definition) is 0. The van der Waals surface area contributed by atoms with Gasteiger partial charge in [-0.2, -0.15) is 13.2 Å². The lowest BCUT2D eigenvalue weighted by Crippen LogP contribution is -2.56. The van der Waals surface area contributed by atoms with E-state index in [1.54, 1.807) is 4.90 Å². The lowest BCUT2D eigenvalue weighted by atomic mass is 9.99. The van der Waals surface area contributed by atoms with Crippen LogP contribution in [0.2, 0.25) is 0 Å². The van der Waals surface area contributed by atoms with Crippen LogP contribution in [-0.2, 0) is 0 Å². The Kier molecular flexibility index (Phi) is 4.46. The highest BCUT2D eigenvalue weighted by Crippen LogP contribution is 2.28. The van der Waals surface area contributed by atoms with Gasteiger partial charge in [0.25, 0.3) is 11.7 Å². The molecular formula is C15H17F3N2O2S. The highest BCUT2D eigenvalue weighted by Gasteiger charge is 2.40. The smallest absolute Gasteiger partial charge is 0.335 e. The van der Waals surface area contributed by atoms with Crippen molar-refractivity contribution in [1.29, 1.82) is 0 Å². The third-order valence-electron chi connectivity index (χ3n) is 4.42. The summed E-state index contributed by atoms with van der Waals surface area (Å²) >= 11 is 0.625. The van der Waals surface area contributed by atoms with E-state index in [2.05, 4.69) is 4.90 Å². The molecule has 23 heavy (non-hydrogen) atoms. The van der Waals surface area contributed by atoms with E-state index in [0.717, 1.165) is 32.0 Å². The number of carbonyl (C=O) groups is 2. The molecule has 0 N–H and O–H groups in total. The summed E-state index contributed by atoms with van der Waals surface area (Å²) in [5, 5.41) is 0. The Morgan fingerprint density at radius 3 is 2.57 bits per heavy atom. The standard InChI is InChI=1S/C15H17F3N2O2S/c16-15(17,18)13(21)11-4-5-12(23-11)14(22)20-8-7-19-6-2-1-3-10(19)9-20/h4-5,10H,1-3,6-9H2. The molecule has 0 aliphatic carbocycles. The van der Waals surface area contributed by atoms with Crippen molar-refractivity contribution in [3.05, 3.63) is 21.9 Å². The van der Waals surface area contributed by atoms with Gasteiger partial charge in [0, 0.05) is 25.7 Å². The van der Waals surface area contributed by atoms with Crippen molar-refractivity contribution >= 4 is 23.0 Å². The number of halogens is 3. The molecule has 2 aliphatic heterocycles.